The summed E-state index contributed by atoms with van der Waals surface area (Å²) in [4.78, 5) is 13.2. The maximum atomic E-state index is 14.7. The molecule has 3 aromatic rings. The van der Waals surface area contributed by atoms with E-state index in [0.717, 1.165) is 5.56 Å². The SMILES string of the molecule is C[C@@H]1C(=O)C(c2ccccc2)=C(c2ccccc2F)C1c1ccccc1F. The Balaban J connectivity index is 2.04. The summed E-state index contributed by atoms with van der Waals surface area (Å²) >= 11 is 0. The Morgan fingerprint density at radius 3 is 2.00 bits per heavy atom. The Labute approximate surface area is 157 Å². The monoisotopic (exact) mass is 360 g/mol. The standard InChI is InChI=1S/C24H18F2O/c1-15-21(17-11-5-7-13-19(17)25)23(18-12-6-8-14-20(18)26)22(24(15)27)16-9-3-2-4-10-16/h2-15,21H,1H3/t15-,21?/m0/s1. The molecule has 1 nitrogen and oxygen atoms in total. The zero-order valence-electron chi connectivity index (χ0n) is 14.8. The van der Waals surface area contributed by atoms with Gasteiger partial charge in [0.1, 0.15) is 11.6 Å². The van der Waals surface area contributed by atoms with Crippen molar-refractivity contribution in [1.82, 2.24) is 0 Å². The quantitative estimate of drug-likeness (QED) is 0.570. The van der Waals surface area contributed by atoms with Crippen molar-refractivity contribution >= 4 is 16.9 Å². The third-order valence-corrected chi connectivity index (χ3v) is 5.21. The molecule has 0 aliphatic heterocycles. The van der Waals surface area contributed by atoms with Crippen molar-refractivity contribution in [1.29, 1.82) is 0 Å². The van der Waals surface area contributed by atoms with Crippen LogP contribution >= 0.6 is 0 Å². The van der Waals surface area contributed by atoms with Crippen LogP contribution in [0.15, 0.2) is 78.9 Å². The van der Waals surface area contributed by atoms with Gasteiger partial charge < -0.3 is 0 Å². The minimum atomic E-state index is -0.536. The Hall–Kier alpha value is -3.07. The number of ketones is 1. The summed E-state index contributed by atoms with van der Waals surface area (Å²) in [6.45, 7) is 1.79. The first-order valence-electron chi connectivity index (χ1n) is 8.92. The zero-order chi connectivity index (χ0) is 19.0. The summed E-state index contributed by atoms with van der Waals surface area (Å²) in [5.74, 6) is -1.90. The van der Waals surface area contributed by atoms with Gasteiger partial charge in [0, 0.05) is 23.0 Å². The molecule has 0 heterocycles. The molecule has 4 rings (SSSR count). The number of rotatable bonds is 3. The van der Waals surface area contributed by atoms with Crippen molar-refractivity contribution in [2.45, 2.75) is 12.8 Å². The van der Waals surface area contributed by atoms with Gasteiger partial charge in [0.2, 0.25) is 0 Å². The molecule has 3 aromatic carbocycles. The van der Waals surface area contributed by atoms with Crippen molar-refractivity contribution < 1.29 is 13.6 Å². The molecule has 1 aliphatic carbocycles. The average Bonchev–Trinajstić information content (AvgIpc) is 2.94. The largest absolute Gasteiger partial charge is 0.294 e. The van der Waals surface area contributed by atoms with Crippen molar-refractivity contribution in [2.75, 3.05) is 0 Å². The zero-order valence-corrected chi connectivity index (χ0v) is 14.8. The molecule has 0 bridgehead atoms. The van der Waals surface area contributed by atoms with Crippen LogP contribution in [0.2, 0.25) is 0 Å². The molecule has 0 N–H and O–H groups in total. The lowest BCUT2D eigenvalue weighted by atomic mass is 9.82. The molecular weight excluding hydrogens is 342 g/mol. The first-order chi connectivity index (χ1) is 13.1. The van der Waals surface area contributed by atoms with Gasteiger partial charge in [0.05, 0.1) is 0 Å². The first kappa shape index (κ1) is 17.3. The highest BCUT2D eigenvalue weighted by Crippen LogP contribution is 2.51. The lowest BCUT2D eigenvalue weighted by Crippen LogP contribution is -2.14. The average molecular weight is 360 g/mol. The van der Waals surface area contributed by atoms with E-state index in [1.807, 2.05) is 30.3 Å². The second kappa shape index (κ2) is 6.92. The third-order valence-electron chi connectivity index (χ3n) is 5.21. The number of benzene rings is 3. The molecule has 0 saturated heterocycles. The van der Waals surface area contributed by atoms with Gasteiger partial charge in [-0.2, -0.15) is 0 Å². The molecule has 0 spiro atoms. The summed E-state index contributed by atoms with van der Waals surface area (Å²) in [7, 11) is 0. The van der Waals surface area contributed by atoms with E-state index in [1.54, 1.807) is 43.3 Å². The third kappa shape index (κ3) is 2.89. The highest BCUT2D eigenvalue weighted by molar-refractivity contribution is 6.33. The van der Waals surface area contributed by atoms with Crippen molar-refractivity contribution in [3.8, 4) is 0 Å². The highest BCUT2D eigenvalue weighted by Gasteiger charge is 2.42. The van der Waals surface area contributed by atoms with E-state index in [4.69, 9.17) is 0 Å². The minimum absolute atomic E-state index is 0.0901. The topological polar surface area (TPSA) is 17.1 Å². The molecule has 27 heavy (non-hydrogen) atoms. The van der Waals surface area contributed by atoms with Crippen LogP contribution in [0.3, 0.4) is 0 Å². The smallest absolute Gasteiger partial charge is 0.167 e. The van der Waals surface area contributed by atoms with Gasteiger partial charge in [-0.1, -0.05) is 73.7 Å². The van der Waals surface area contributed by atoms with Gasteiger partial charge in [-0.3, -0.25) is 4.79 Å². The van der Waals surface area contributed by atoms with E-state index in [-0.39, 0.29) is 11.6 Å². The second-order valence-electron chi connectivity index (χ2n) is 6.79. The number of Topliss-reactive ketones (excluding diaryl/α,β-unsaturated/α-hetero) is 1. The molecule has 0 aromatic heterocycles. The van der Waals surface area contributed by atoms with E-state index in [1.165, 1.54) is 12.1 Å². The molecule has 2 atom stereocenters. The molecule has 1 unspecified atom stereocenters. The molecular formula is C24H18F2O. The van der Waals surface area contributed by atoms with Crippen molar-refractivity contribution in [2.24, 2.45) is 5.92 Å². The fourth-order valence-electron chi connectivity index (χ4n) is 3.95. The summed E-state index contributed by atoms with van der Waals surface area (Å²) in [6, 6.07) is 22.0. The lowest BCUT2D eigenvalue weighted by Gasteiger charge is -2.21. The van der Waals surface area contributed by atoms with Gasteiger partial charge in [0.25, 0.3) is 0 Å². The highest BCUT2D eigenvalue weighted by atomic mass is 19.1. The molecule has 0 saturated carbocycles. The Bertz CT molecular complexity index is 1040. The Morgan fingerprint density at radius 1 is 0.741 bits per heavy atom. The predicted octanol–water partition coefficient (Wildman–Crippen LogP) is 5.88. The second-order valence-corrected chi connectivity index (χ2v) is 6.79. The summed E-state index contributed by atoms with van der Waals surface area (Å²) < 4.78 is 29.4. The molecule has 0 radical (unpaired) electrons. The Morgan fingerprint density at radius 2 is 1.33 bits per heavy atom. The van der Waals surface area contributed by atoms with E-state index in [9.17, 15) is 13.6 Å². The summed E-state index contributed by atoms with van der Waals surface area (Å²) in [6.07, 6.45) is 0. The number of allylic oxidation sites excluding steroid dienone is 2. The number of hydrogen-bond donors (Lipinski definition) is 0. The lowest BCUT2D eigenvalue weighted by molar-refractivity contribution is -0.116. The van der Waals surface area contributed by atoms with Crippen molar-refractivity contribution in [3.05, 3.63) is 107 Å². The van der Waals surface area contributed by atoms with E-state index in [0.29, 0.717) is 22.3 Å². The first-order valence-corrected chi connectivity index (χ1v) is 8.92. The predicted molar refractivity (Wildman–Crippen MR) is 103 cm³/mol. The van der Waals surface area contributed by atoms with Crippen LogP contribution in [0.4, 0.5) is 8.78 Å². The fourth-order valence-corrected chi connectivity index (χ4v) is 3.95. The van der Waals surface area contributed by atoms with Crippen LogP contribution < -0.4 is 0 Å². The van der Waals surface area contributed by atoms with Crippen molar-refractivity contribution in [3.63, 3.8) is 0 Å². The van der Waals surface area contributed by atoms with Crippen LogP contribution in [0.25, 0.3) is 11.1 Å². The molecule has 0 fully saturated rings. The van der Waals surface area contributed by atoms with Crippen LogP contribution in [0.1, 0.15) is 29.5 Å². The van der Waals surface area contributed by atoms with E-state index < -0.39 is 17.7 Å². The molecule has 134 valence electrons. The number of carbonyl (C=O) groups is 1. The van der Waals surface area contributed by atoms with E-state index >= 15 is 0 Å². The van der Waals surface area contributed by atoms with E-state index in [2.05, 4.69) is 0 Å². The van der Waals surface area contributed by atoms with Gasteiger partial charge in [-0.25, -0.2) is 8.78 Å². The number of carbonyl (C=O) groups excluding carboxylic acids is 1. The number of hydrogen-bond acceptors (Lipinski definition) is 1. The Kier molecular flexibility index (Phi) is 4.44. The molecule has 0 amide bonds. The normalized spacial score (nSPS) is 19.6. The summed E-state index contributed by atoms with van der Waals surface area (Å²) in [5, 5.41) is 0. The van der Waals surface area contributed by atoms with Gasteiger partial charge in [-0.05, 0) is 28.8 Å². The molecule has 1 aliphatic rings. The van der Waals surface area contributed by atoms with Gasteiger partial charge in [0.15, 0.2) is 5.78 Å². The fraction of sp³-hybridized carbons (Fsp3) is 0.125. The van der Waals surface area contributed by atoms with Gasteiger partial charge >= 0.3 is 0 Å². The van der Waals surface area contributed by atoms with Crippen LogP contribution in [0.5, 0.6) is 0 Å². The van der Waals surface area contributed by atoms with Gasteiger partial charge in [-0.15, -0.1) is 0 Å². The van der Waals surface area contributed by atoms with Crippen LogP contribution in [-0.4, -0.2) is 5.78 Å². The maximum Gasteiger partial charge on any atom is 0.167 e. The summed E-state index contributed by atoms with van der Waals surface area (Å²) in [5.41, 5.74) is 2.53. The number of halogens is 2. The molecule has 3 heteroatoms. The minimum Gasteiger partial charge on any atom is -0.294 e. The van der Waals surface area contributed by atoms with Crippen LogP contribution in [0, 0.1) is 17.6 Å². The maximum absolute atomic E-state index is 14.7. The van der Waals surface area contributed by atoms with Crippen LogP contribution in [-0.2, 0) is 4.79 Å².